The van der Waals surface area contributed by atoms with Crippen LogP contribution in [0.15, 0.2) is 29.2 Å². The molecule has 0 atom stereocenters. The fraction of sp³-hybridized carbons (Fsp3) is 0.182. The average molecular weight is 237 g/mol. The predicted octanol–water partition coefficient (Wildman–Crippen LogP) is 1.60. The minimum absolute atomic E-state index is 0.252. The van der Waals surface area contributed by atoms with Crippen LogP contribution in [0.4, 0.5) is 0 Å². The summed E-state index contributed by atoms with van der Waals surface area (Å²) in [6, 6.07) is 8.42. The molecule has 0 saturated carbocycles. The van der Waals surface area contributed by atoms with E-state index >= 15 is 0 Å². The highest BCUT2D eigenvalue weighted by molar-refractivity contribution is 7.95. The summed E-state index contributed by atoms with van der Waals surface area (Å²) in [4.78, 5) is -0.252. The normalized spacial score (nSPS) is 11.9. The van der Waals surface area contributed by atoms with Crippen LogP contribution in [0.1, 0.15) is 5.56 Å². The molecule has 0 amide bonds. The second-order valence-corrected chi connectivity index (χ2v) is 5.15. The molecule has 0 saturated heterocycles. The highest BCUT2D eigenvalue weighted by atomic mass is 32.2. The van der Waals surface area contributed by atoms with Gasteiger partial charge in [-0.1, -0.05) is 12.1 Å². The van der Waals surface area contributed by atoms with Crippen LogP contribution in [0.2, 0.25) is 0 Å². The van der Waals surface area contributed by atoms with Crippen LogP contribution in [0.25, 0.3) is 6.08 Å². The van der Waals surface area contributed by atoms with Crippen LogP contribution in [0.5, 0.6) is 5.75 Å². The van der Waals surface area contributed by atoms with Gasteiger partial charge < -0.3 is 4.74 Å². The van der Waals surface area contributed by atoms with Gasteiger partial charge in [0.2, 0.25) is 0 Å². The summed E-state index contributed by atoms with van der Waals surface area (Å²) in [5, 5.41) is 8.70. The Morgan fingerprint density at radius 2 is 1.94 bits per heavy atom. The molecule has 0 aliphatic rings. The molecule has 1 rings (SSSR count). The molecule has 84 valence electrons. The maximum absolute atomic E-state index is 11.2. The van der Waals surface area contributed by atoms with Crippen LogP contribution >= 0.6 is 0 Å². The maximum Gasteiger partial charge on any atom is 0.185 e. The van der Waals surface area contributed by atoms with Gasteiger partial charge in [-0.3, -0.25) is 0 Å². The Morgan fingerprint density at radius 1 is 1.38 bits per heavy atom. The number of benzene rings is 1. The van der Waals surface area contributed by atoms with Gasteiger partial charge in [0, 0.05) is 6.26 Å². The topological polar surface area (TPSA) is 67.2 Å². The second kappa shape index (κ2) is 4.81. The summed E-state index contributed by atoms with van der Waals surface area (Å²) >= 11 is 0. The molecule has 0 aliphatic carbocycles. The van der Waals surface area contributed by atoms with Gasteiger partial charge in [0.05, 0.1) is 7.11 Å². The van der Waals surface area contributed by atoms with Crippen LogP contribution < -0.4 is 4.74 Å². The monoisotopic (exact) mass is 237 g/mol. The van der Waals surface area contributed by atoms with Crippen molar-refractivity contribution in [2.75, 3.05) is 13.4 Å². The van der Waals surface area contributed by atoms with Crippen molar-refractivity contribution in [1.82, 2.24) is 0 Å². The molecule has 0 radical (unpaired) electrons. The van der Waals surface area contributed by atoms with E-state index in [4.69, 9.17) is 10.00 Å². The fourth-order valence-electron chi connectivity index (χ4n) is 1.07. The van der Waals surface area contributed by atoms with Crippen molar-refractivity contribution in [2.45, 2.75) is 0 Å². The molecule has 16 heavy (non-hydrogen) atoms. The maximum atomic E-state index is 11.2. The lowest BCUT2D eigenvalue weighted by Gasteiger charge is -2.00. The van der Waals surface area contributed by atoms with Crippen molar-refractivity contribution in [1.29, 1.82) is 5.26 Å². The Bertz CT molecular complexity index is 536. The molecule has 0 N–H and O–H groups in total. The van der Waals surface area contributed by atoms with Crippen LogP contribution in [0.3, 0.4) is 0 Å². The Morgan fingerprint density at radius 3 is 2.31 bits per heavy atom. The van der Waals surface area contributed by atoms with Gasteiger partial charge in [-0.2, -0.15) is 5.26 Å². The number of methoxy groups -OCH3 is 1. The van der Waals surface area contributed by atoms with Crippen LogP contribution in [-0.2, 0) is 9.84 Å². The molecular weight excluding hydrogens is 226 g/mol. The molecule has 5 heteroatoms. The number of hydrogen-bond acceptors (Lipinski definition) is 4. The lowest BCUT2D eigenvalue weighted by molar-refractivity contribution is 0.415. The first kappa shape index (κ1) is 12.3. The van der Waals surface area contributed by atoms with Crippen molar-refractivity contribution in [3.05, 3.63) is 34.7 Å². The number of nitriles is 1. The van der Waals surface area contributed by atoms with Crippen molar-refractivity contribution in [3.63, 3.8) is 0 Å². The van der Waals surface area contributed by atoms with E-state index in [1.54, 1.807) is 37.4 Å². The first-order valence-electron chi connectivity index (χ1n) is 4.43. The highest BCUT2D eigenvalue weighted by Crippen LogP contribution is 2.15. The van der Waals surface area contributed by atoms with Gasteiger partial charge in [0.25, 0.3) is 0 Å². The zero-order chi connectivity index (χ0) is 12.2. The number of sulfone groups is 1. The predicted molar refractivity (Wildman–Crippen MR) is 61.4 cm³/mol. The first-order chi connectivity index (χ1) is 7.47. The van der Waals surface area contributed by atoms with Crippen molar-refractivity contribution < 1.29 is 13.2 Å². The van der Waals surface area contributed by atoms with Crippen LogP contribution in [-0.4, -0.2) is 21.8 Å². The quantitative estimate of drug-likeness (QED) is 0.749. The lowest BCUT2D eigenvalue weighted by Crippen LogP contribution is -1.98. The second-order valence-electron chi connectivity index (χ2n) is 3.17. The molecule has 4 nitrogen and oxygen atoms in total. The molecule has 0 spiro atoms. The summed E-state index contributed by atoms with van der Waals surface area (Å²) in [6.07, 6.45) is 2.33. The Balaban J connectivity index is 3.12. The third-order valence-corrected chi connectivity index (χ3v) is 2.93. The minimum atomic E-state index is -3.46. The average Bonchev–Trinajstić information content (AvgIpc) is 2.25. The molecule has 0 fully saturated rings. The van der Waals surface area contributed by atoms with E-state index in [0.717, 1.165) is 6.26 Å². The molecule has 0 bridgehead atoms. The van der Waals surface area contributed by atoms with Gasteiger partial charge in [-0.05, 0) is 23.8 Å². The Labute approximate surface area is 94.7 Å². The van der Waals surface area contributed by atoms with E-state index in [1.807, 2.05) is 0 Å². The third kappa shape index (κ3) is 3.11. The standard InChI is InChI=1S/C11H11NO3S/c1-15-10-5-3-9(4-6-10)7-11(8-12)16(2,13)14/h3-7H,1-2H3/b11-7+. The minimum Gasteiger partial charge on any atom is -0.497 e. The van der Waals surface area contributed by atoms with E-state index in [-0.39, 0.29) is 4.91 Å². The number of allylic oxidation sites excluding steroid dienone is 1. The third-order valence-electron chi connectivity index (χ3n) is 1.92. The molecule has 0 heterocycles. The smallest absolute Gasteiger partial charge is 0.185 e. The number of hydrogen-bond donors (Lipinski definition) is 0. The molecule has 0 aromatic heterocycles. The van der Waals surface area contributed by atoms with Gasteiger partial charge in [-0.15, -0.1) is 0 Å². The van der Waals surface area contributed by atoms with Crippen molar-refractivity contribution in [2.24, 2.45) is 0 Å². The van der Waals surface area contributed by atoms with E-state index < -0.39 is 9.84 Å². The van der Waals surface area contributed by atoms with Gasteiger partial charge in [-0.25, -0.2) is 8.42 Å². The Hall–Kier alpha value is -1.80. The lowest BCUT2D eigenvalue weighted by atomic mass is 10.2. The van der Waals surface area contributed by atoms with Crippen molar-refractivity contribution >= 4 is 15.9 Å². The first-order valence-corrected chi connectivity index (χ1v) is 6.32. The summed E-state index contributed by atoms with van der Waals surface area (Å²) in [5.74, 6) is 0.676. The Kier molecular flexibility index (Phi) is 3.69. The zero-order valence-corrected chi connectivity index (χ0v) is 9.78. The SMILES string of the molecule is COc1ccc(/C=C(\C#N)S(C)(=O)=O)cc1. The number of rotatable bonds is 3. The largest absolute Gasteiger partial charge is 0.497 e. The molecule has 1 aromatic rings. The van der Waals surface area contributed by atoms with Gasteiger partial charge in [0.15, 0.2) is 9.84 Å². The molecule has 0 aliphatic heterocycles. The van der Waals surface area contributed by atoms with Gasteiger partial charge in [0.1, 0.15) is 16.7 Å². The van der Waals surface area contributed by atoms with Crippen LogP contribution in [0, 0.1) is 11.3 Å². The summed E-state index contributed by atoms with van der Waals surface area (Å²) < 4.78 is 27.3. The molecule has 1 aromatic carbocycles. The number of nitrogens with zero attached hydrogens (tertiary/aromatic N) is 1. The summed E-state index contributed by atoms with van der Waals surface area (Å²) in [5.41, 5.74) is 0.641. The van der Waals surface area contributed by atoms with E-state index in [9.17, 15) is 8.42 Å². The summed E-state index contributed by atoms with van der Waals surface area (Å²) in [7, 11) is -1.92. The molecular formula is C11H11NO3S. The fourth-order valence-corrected chi connectivity index (χ4v) is 1.59. The van der Waals surface area contributed by atoms with E-state index in [1.165, 1.54) is 6.08 Å². The summed E-state index contributed by atoms with van der Waals surface area (Å²) in [6.45, 7) is 0. The van der Waals surface area contributed by atoms with E-state index in [0.29, 0.717) is 11.3 Å². The van der Waals surface area contributed by atoms with Gasteiger partial charge >= 0.3 is 0 Å². The highest BCUT2D eigenvalue weighted by Gasteiger charge is 2.09. The van der Waals surface area contributed by atoms with Crippen molar-refractivity contribution in [3.8, 4) is 11.8 Å². The zero-order valence-electron chi connectivity index (χ0n) is 8.97. The number of ether oxygens (including phenoxy) is 1. The van der Waals surface area contributed by atoms with E-state index in [2.05, 4.69) is 0 Å². The molecule has 0 unspecified atom stereocenters.